The van der Waals surface area contributed by atoms with Gasteiger partial charge < -0.3 is 4.74 Å². The van der Waals surface area contributed by atoms with E-state index in [1.54, 1.807) is 37.3 Å². The molecule has 2 saturated heterocycles. The van der Waals surface area contributed by atoms with E-state index in [-0.39, 0.29) is 12.3 Å². The van der Waals surface area contributed by atoms with Gasteiger partial charge in [-0.15, -0.1) is 0 Å². The molecule has 2 fully saturated rings. The van der Waals surface area contributed by atoms with E-state index in [1.807, 2.05) is 6.07 Å². The Kier molecular flexibility index (Phi) is 5.95. The van der Waals surface area contributed by atoms with Gasteiger partial charge in [0.1, 0.15) is 5.92 Å². The number of hydrogen-bond acceptors (Lipinski definition) is 8. The second-order valence-electron chi connectivity index (χ2n) is 8.29. The topological polar surface area (TPSA) is 119 Å². The summed E-state index contributed by atoms with van der Waals surface area (Å²) >= 11 is 0. The maximum absolute atomic E-state index is 13.7. The highest BCUT2D eigenvalue weighted by molar-refractivity contribution is 6.24. The van der Waals surface area contributed by atoms with Crippen LogP contribution in [0.25, 0.3) is 0 Å². The Morgan fingerprint density at radius 2 is 1.69 bits per heavy atom. The van der Waals surface area contributed by atoms with Gasteiger partial charge in [-0.2, -0.15) is 0 Å². The molecule has 0 saturated carbocycles. The summed E-state index contributed by atoms with van der Waals surface area (Å²) in [6.45, 7) is 1.92. The number of rotatable bonds is 6. The zero-order valence-corrected chi connectivity index (χ0v) is 19.1. The lowest BCUT2D eigenvalue weighted by Crippen LogP contribution is -2.37. The maximum atomic E-state index is 13.7. The average Bonchev–Trinajstić information content (AvgIpc) is 3.40. The van der Waals surface area contributed by atoms with Gasteiger partial charge >= 0.3 is 5.97 Å². The summed E-state index contributed by atoms with van der Waals surface area (Å²) in [6.07, 6.45) is -1.12. The fourth-order valence-corrected chi connectivity index (χ4v) is 4.59. The van der Waals surface area contributed by atoms with Crippen LogP contribution in [0.4, 0.5) is 17.1 Å². The lowest BCUT2D eigenvalue weighted by atomic mass is 9.90. The Balaban J connectivity index is 1.53. The number of amides is 2. The smallest absolute Gasteiger partial charge is 0.338 e. The molecule has 3 aromatic rings. The highest BCUT2D eigenvalue weighted by Crippen LogP contribution is 2.47. The van der Waals surface area contributed by atoms with E-state index < -0.39 is 40.8 Å². The van der Waals surface area contributed by atoms with Crippen molar-refractivity contribution < 1.29 is 28.9 Å². The quantitative estimate of drug-likeness (QED) is 0.223. The van der Waals surface area contributed by atoms with Crippen LogP contribution in [-0.2, 0) is 19.2 Å². The van der Waals surface area contributed by atoms with Crippen LogP contribution >= 0.6 is 0 Å². The van der Waals surface area contributed by atoms with Crippen molar-refractivity contribution in [2.24, 2.45) is 5.92 Å². The summed E-state index contributed by atoms with van der Waals surface area (Å²) < 4.78 is 4.98. The maximum Gasteiger partial charge on any atom is 0.338 e. The fraction of sp³-hybridized carbons (Fsp3) is 0.192. The zero-order chi connectivity index (χ0) is 25.4. The number of nitro benzene ring substituents is 1. The van der Waals surface area contributed by atoms with Crippen molar-refractivity contribution in [3.8, 4) is 0 Å². The molecular weight excluding hydrogens is 466 g/mol. The Bertz CT molecular complexity index is 1340. The van der Waals surface area contributed by atoms with E-state index in [4.69, 9.17) is 9.57 Å². The first-order valence-electron chi connectivity index (χ1n) is 11.3. The number of hydrogen-bond donors (Lipinski definition) is 0. The molecule has 0 aromatic heterocycles. The first kappa shape index (κ1) is 23.2. The number of carbonyl (C=O) groups is 3. The second-order valence-corrected chi connectivity index (χ2v) is 8.29. The van der Waals surface area contributed by atoms with Crippen LogP contribution in [0.2, 0.25) is 0 Å². The van der Waals surface area contributed by atoms with Crippen molar-refractivity contribution in [2.75, 3.05) is 16.6 Å². The Morgan fingerprint density at radius 1 is 0.972 bits per heavy atom. The van der Waals surface area contributed by atoms with E-state index in [2.05, 4.69) is 0 Å². The third-order valence-electron chi connectivity index (χ3n) is 6.19. The minimum absolute atomic E-state index is 0.132. The number of anilines is 2. The minimum Gasteiger partial charge on any atom is -0.462 e. The summed E-state index contributed by atoms with van der Waals surface area (Å²) in [5.41, 5.74) is 1.53. The van der Waals surface area contributed by atoms with Crippen molar-refractivity contribution in [1.82, 2.24) is 0 Å². The summed E-state index contributed by atoms with van der Waals surface area (Å²) in [5, 5.41) is 12.9. The Hall–Kier alpha value is -4.57. The van der Waals surface area contributed by atoms with Gasteiger partial charge in [-0.25, -0.2) is 14.8 Å². The molecule has 5 rings (SSSR count). The molecule has 0 bridgehead atoms. The van der Waals surface area contributed by atoms with E-state index in [0.717, 1.165) is 4.90 Å². The predicted molar refractivity (Wildman–Crippen MR) is 128 cm³/mol. The van der Waals surface area contributed by atoms with Crippen LogP contribution in [0.15, 0.2) is 78.9 Å². The molecular formula is C26H21N3O7. The molecule has 3 unspecified atom stereocenters. The SMILES string of the molecule is CCOC(=O)c1ccc(N2C(=O)C3ON(c4ccccc4)C(c4cccc([N+](=O)[O-])c4)C3C2=O)cc1. The van der Waals surface area contributed by atoms with Gasteiger partial charge in [-0.05, 0) is 48.9 Å². The molecule has 2 aliphatic heterocycles. The van der Waals surface area contributed by atoms with Gasteiger partial charge in [0, 0.05) is 12.1 Å². The van der Waals surface area contributed by atoms with Crippen LogP contribution < -0.4 is 9.96 Å². The van der Waals surface area contributed by atoms with Crippen molar-refractivity contribution in [1.29, 1.82) is 0 Å². The van der Waals surface area contributed by atoms with Crippen molar-refractivity contribution in [2.45, 2.75) is 19.1 Å². The molecule has 182 valence electrons. The van der Waals surface area contributed by atoms with Gasteiger partial charge in [0.05, 0.1) is 34.5 Å². The van der Waals surface area contributed by atoms with E-state index >= 15 is 0 Å². The molecule has 0 spiro atoms. The summed E-state index contributed by atoms with van der Waals surface area (Å²) in [6, 6.07) is 20.1. The Morgan fingerprint density at radius 3 is 2.36 bits per heavy atom. The number of esters is 1. The number of imide groups is 1. The lowest BCUT2D eigenvalue weighted by Gasteiger charge is -2.28. The number of nitro groups is 1. The number of ether oxygens (including phenoxy) is 1. The minimum atomic E-state index is -1.12. The van der Waals surface area contributed by atoms with Crippen LogP contribution in [0.1, 0.15) is 28.9 Å². The van der Waals surface area contributed by atoms with Gasteiger partial charge in [-0.1, -0.05) is 30.3 Å². The number of benzene rings is 3. The van der Waals surface area contributed by atoms with Crippen LogP contribution in [0.3, 0.4) is 0 Å². The second kappa shape index (κ2) is 9.23. The highest BCUT2D eigenvalue weighted by atomic mass is 16.7. The Labute approximate surface area is 205 Å². The third kappa shape index (κ3) is 3.87. The molecule has 10 heteroatoms. The van der Waals surface area contributed by atoms with Crippen LogP contribution in [0, 0.1) is 16.0 Å². The number of para-hydroxylation sites is 1. The monoisotopic (exact) mass is 487 g/mol. The predicted octanol–water partition coefficient (Wildman–Crippen LogP) is 3.82. The molecule has 2 heterocycles. The molecule has 36 heavy (non-hydrogen) atoms. The van der Waals surface area contributed by atoms with Gasteiger partial charge in [-0.3, -0.25) is 24.5 Å². The van der Waals surface area contributed by atoms with Gasteiger partial charge in [0.15, 0.2) is 6.10 Å². The molecule has 2 aliphatic rings. The molecule has 2 amide bonds. The number of nitrogens with zero attached hydrogens (tertiary/aromatic N) is 3. The number of carbonyl (C=O) groups excluding carboxylic acids is 3. The first-order valence-corrected chi connectivity index (χ1v) is 11.3. The fourth-order valence-electron chi connectivity index (χ4n) is 4.59. The van der Waals surface area contributed by atoms with Gasteiger partial charge in [0.25, 0.3) is 11.6 Å². The van der Waals surface area contributed by atoms with Crippen LogP contribution in [0.5, 0.6) is 0 Å². The summed E-state index contributed by atoms with van der Waals surface area (Å²) in [5.74, 6) is -2.50. The molecule has 0 N–H and O–H groups in total. The lowest BCUT2D eigenvalue weighted by molar-refractivity contribution is -0.384. The summed E-state index contributed by atoms with van der Waals surface area (Å²) in [4.78, 5) is 57.0. The summed E-state index contributed by atoms with van der Waals surface area (Å²) in [7, 11) is 0. The molecule has 3 aromatic carbocycles. The van der Waals surface area contributed by atoms with E-state index in [9.17, 15) is 24.5 Å². The van der Waals surface area contributed by atoms with E-state index in [0.29, 0.717) is 22.5 Å². The number of fused-ring (bicyclic) bond motifs is 1. The zero-order valence-electron chi connectivity index (χ0n) is 19.1. The first-order chi connectivity index (χ1) is 17.4. The van der Waals surface area contributed by atoms with Crippen molar-refractivity contribution in [3.05, 3.63) is 100 Å². The van der Waals surface area contributed by atoms with E-state index in [1.165, 1.54) is 47.5 Å². The van der Waals surface area contributed by atoms with Crippen molar-refractivity contribution in [3.63, 3.8) is 0 Å². The highest BCUT2D eigenvalue weighted by Gasteiger charge is 2.60. The largest absolute Gasteiger partial charge is 0.462 e. The third-order valence-corrected chi connectivity index (χ3v) is 6.19. The average molecular weight is 487 g/mol. The standard InChI is InChI=1S/C26H21N3O7/c1-2-35-26(32)16-11-13-18(14-12-16)27-24(30)21-22(17-7-6-10-20(15-17)29(33)34)28(36-23(21)25(27)31)19-8-4-3-5-9-19/h3-15,21-23H,2H2,1H3. The van der Waals surface area contributed by atoms with Gasteiger partial charge in [0.2, 0.25) is 5.91 Å². The van der Waals surface area contributed by atoms with Crippen molar-refractivity contribution >= 4 is 34.8 Å². The number of hydroxylamine groups is 1. The van der Waals surface area contributed by atoms with Crippen LogP contribution in [-0.4, -0.2) is 35.4 Å². The molecule has 0 aliphatic carbocycles. The molecule has 10 nitrogen and oxygen atoms in total. The molecule has 0 radical (unpaired) electrons. The normalized spacial score (nSPS) is 21.0. The number of non-ortho nitro benzene ring substituents is 1. The molecule has 3 atom stereocenters.